The highest BCUT2D eigenvalue weighted by atomic mass is 16.6. The third kappa shape index (κ3) is 14.5. The molecule has 1 aliphatic rings. The van der Waals surface area contributed by atoms with E-state index in [-0.39, 0.29) is 38.9 Å². The summed E-state index contributed by atoms with van der Waals surface area (Å²) in [6, 6.07) is 0. The van der Waals surface area contributed by atoms with Crippen LogP contribution in [0.25, 0.3) is 0 Å². The molecule has 1 saturated heterocycles. The largest absolute Gasteiger partial charge is 0.449 e. The number of unbranched alkanes of at least 4 members (excludes halogenated alkanes) is 12. The van der Waals surface area contributed by atoms with Gasteiger partial charge in [0.2, 0.25) is 6.10 Å². The fraction of sp³-hybridized carbons (Fsp3) is 0.925. The van der Waals surface area contributed by atoms with Crippen molar-refractivity contribution in [3.05, 3.63) is 0 Å². The smallest absolute Gasteiger partial charge is 0.379 e. The molecule has 16 heteroatoms. The molecular formula is C40H74O16. The Kier molecular flexibility index (Phi) is 25.9. The lowest BCUT2D eigenvalue weighted by atomic mass is 9.69. The maximum atomic E-state index is 15.2. The normalized spacial score (nSPS) is 22.0. The third-order valence-electron chi connectivity index (χ3n) is 10.7. The van der Waals surface area contributed by atoms with Gasteiger partial charge in [0.25, 0.3) is 5.78 Å². The van der Waals surface area contributed by atoms with Crippen LogP contribution in [0.15, 0.2) is 0 Å². The molecule has 0 aromatic carbocycles. The Labute approximate surface area is 332 Å². The van der Waals surface area contributed by atoms with Crippen LogP contribution in [-0.4, -0.2) is 156 Å². The highest BCUT2D eigenvalue weighted by molar-refractivity contribution is 6.37. The number of aliphatic hydroxyl groups is 9. The van der Waals surface area contributed by atoms with Gasteiger partial charge in [0, 0.05) is 13.2 Å². The summed E-state index contributed by atoms with van der Waals surface area (Å²) in [5, 5.41) is 96.4. The van der Waals surface area contributed by atoms with Crippen LogP contribution in [0.3, 0.4) is 0 Å². The van der Waals surface area contributed by atoms with Crippen molar-refractivity contribution >= 4 is 17.7 Å². The second-order valence-corrected chi connectivity index (χ2v) is 15.1. The minimum Gasteiger partial charge on any atom is -0.449 e. The standard InChI is InChI=1S/C40H74O16/c1-5-9-13-17-21-39(53-23-19-15-11-7-3,36(50)32(48)31(47)30(46)29(45)27(43)25-41)40(22-18-14-10-6-2,54-24-20-16-12-8-4)38(52)56-35-33(49)37(51)55-34(35)28(44)26-42/h27-32,34-36,41-48,50H,5-26H2,1-4H3/t27?,28-,29?,30?,31?,32?,34+,35?,36?,39?,40?/m0/s1. The Hall–Kier alpha value is -1.83. The molecule has 1 rings (SSSR count). The Morgan fingerprint density at radius 3 is 1.61 bits per heavy atom. The van der Waals surface area contributed by atoms with Gasteiger partial charge < -0.3 is 64.9 Å². The van der Waals surface area contributed by atoms with Gasteiger partial charge in [-0.05, 0) is 32.1 Å². The van der Waals surface area contributed by atoms with Gasteiger partial charge in [-0.2, -0.15) is 0 Å². The van der Waals surface area contributed by atoms with E-state index in [9.17, 15) is 55.5 Å². The number of carbonyl (C=O) groups excluding carboxylic acids is 3. The van der Waals surface area contributed by atoms with Gasteiger partial charge in [-0.1, -0.05) is 111 Å². The monoisotopic (exact) mass is 810 g/mol. The van der Waals surface area contributed by atoms with Crippen molar-refractivity contribution in [2.24, 2.45) is 0 Å². The second-order valence-electron chi connectivity index (χ2n) is 15.1. The van der Waals surface area contributed by atoms with Gasteiger partial charge >= 0.3 is 11.9 Å². The molecule has 11 atom stereocenters. The molecule has 56 heavy (non-hydrogen) atoms. The molecule has 16 nitrogen and oxygen atoms in total. The highest BCUT2D eigenvalue weighted by Crippen LogP contribution is 2.45. The third-order valence-corrected chi connectivity index (χ3v) is 10.7. The van der Waals surface area contributed by atoms with Crippen molar-refractivity contribution < 1.29 is 79.3 Å². The van der Waals surface area contributed by atoms with E-state index in [1.54, 1.807) is 0 Å². The topological polar surface area (TPSA) is 270 Å². The number of rotatable bonds is 34. The predicted octanol–water partition coefficient (Wildman–Crippen LogP) is 1.52. The molecule has 1 heterocycles. The Bertz CT molecular complexity index is 1090. The summed E-state index contributed by atoms with van der Waals surface area (Å²) in [4.78, 5) is 40.7. The van der Waals surface area contributed by atoms with Crippen molar-refractivity contribution in [3.8, 4) is 0 Å². The van der Waals surface area contributed by atoms with E-state index in [4.69, 9.17) is 18.9 Å². The molecule has 0 spiro atoms. The van der Waals surface area contributed by atoms with E-state index in [1.165, 1.54) is 0 Å². The molecule has 0 radical (unpaired) electrons. The molecule has 0 saturated carbocycles. The zero-order valence-electron chi connectivity index (χ0n) is 34.1. The number of ether oxygens (including phenoxy) is 4. The summed E-state index contributed by atoms with van der Waals surface area (Å²) >= 11 is 0. The Morgan fingerprint density at radius 2 is 1.11 bits per heavy atom. The van der Waals surface area contributed by atoms with E-state index < -0.39 is 97.1 Å². The SMILES string of the molecule is CCCCCCOC(CCCCCC)(C(=O)OC1C(=O)C(=O)O[C@@H]1[C@@H](O)CO)C(CCCCCC)(OCCCCCC)C(O)C(O)C(O)C(O)C(O)C(O)CO. The lowest BCUT2D eigenvalue weighted by molar-refractivity contribution is -0.282. The second kappa shape index (κ2) is 27.8. The summed E-state index contributed by atoms with van der Waals surface area (Å²) in [7, 11) is 0. The van der Waals surface area contributed by atoms with Crippen LogP contribution >= 0.6 is 0 Å². The molecular weight excluding hydrogens is 736 g/mol. The minimum absolute atomic E-state index is 0.0823. The number of cyclic esters (lactones) is 1. The molecule has 0 bridgehead atoms. The number of Topliss-reactive ketones (excluding diaryl/α,β-unsaturated/α-hetero) is 1. The van der Waals surface area contributed by atoms with Crippen molar-refractivity contribution in [3.63, 3.8) is 0 Å². The van der Waals surface area contributed by atoms with Crippen LogP contribution in [0.2, 0.25) is 0 Å². The first kappa shape index (κ1) is 52.2. The number of hydrogen-bond donors (Lipinski definition) is 9. The van der Waals surface area contributed by atoms with Gasteiger partial charge in [-0.15, -0.1) is 0 Å². The minimum atomic E-state index is -2.38. The molecule has 9 unspecified atom stereocenters. The van der Waals surface area contributed by atoms with Gasteiger partial charge in [-0.25, -0.2) is 9.59 Å². The average Bonchev–Trinajstić information content (AvgIpc) is 3.48. The fourth-order valence-corrected chi connectivity index (χ4v) is 7.20. The van der Waals surface area contributed by atoms with Crippen LogP contribution in [-0.2, 0) is 33.3 Å². The molecule has 1 fully saturated rings. The first-order valence-electron chi connectivity index (χ1n) is 20.9. The fourth-order valence-electron chi connectivity index (χ4n) is 7.20. The van der Waals surface area contributed by atoms with Crippen molar-refractivity contribution in [1.29, 1.82) is 0 Å². The summed E-state index contributed by atoms with van der Waals surface area (Å²) in [6.45, 7) is 5.86. The average molecular weight is 811 g/mol. The van der Waals surface area contributed by atoms with E-state index in [0.29, 0.717) is 38.5 Å². The van der Waals surface area contributed by atoms with E-state index in [0.717, 1.165) is 51.4 Å². The first-order valence-corrected chi connectivity index (χ1v) is 20.9. The van der Waals surface area contributed by atoms with Crippen LogP contribution in [0.1, 0.15) is 143 Å². The van der Waals surface area contributed by atoms with Gasteiger partial charge in [0.05, 0.1) is 13.2 Å². The zero-order valence-corrected chi connectivity index (χ0v) is 34.1. The van der Waals surface area contributed by atoms with E-state index in [2.05, 4.69) is 0 Å². The molecule has 9 N–H and O–H groups in total. The lowest BCUT2D eigenvalue weighted by Gasteiger charge is -2.52. The number of carbonyl (C=O) groups is 3. The summed E-state index contributed by atoms with van der Waals surface area (Å²) in [5.41, 5.74) is -4.67. The number of esters is 2. The van der Waals surface area contributed by atoms with Gasteiger partial charge in [-0.3, -0.25) is 4.79 Å². The Morgan fingerprint density at radius 1 is 0.625 bits per heavy atom. The highest BCUT2D eigenvalue weighted by Gasteiger charge is 2.66. The van der Waals surface area contributed by atoms with Gasteiger partial charge in [0.15, 0.2) is 11.7 Å². The van der Waals surface area contributed by atoms with Crippen LogP contribution in [0, 0.1) is 0 Å². The van der Waals surface area contributed by atoms with Crippen LogP contribution in [0.4, 0.5) is 0 Å². The molecule has 330 valence electrons. The zero-order chi connectivity index (χ0) is 42.3. The summed E-state index contributed by atoms with van der Waals surface area (Å²) in [5.74, 6) is -3.98. The van der Waals surface area contributed by atoms with Gasteiger partial charge in [0.1, 0.15) is 48.3 Å². The number of aliphatic hydroxyl groups excluding tert-OH is 9. The summed E-state index contributed by atoms with van der Waals surface area (Å²) in [6.07, 6.45) is -8.97. The number of ketones is 1. The molecule has 0 aromatic rings. The Balaban J connectivity index is 4.20. The van der Waals surface area contributed by atoms with E-state index in [1.807, 2.05) is 27.7 Å². The van der Waals surface area contributed by atoms with Crippen molar-refractivity contribution in [2.75, 3.05) is 26.4 Å². The summed E-state index contributed by atoms with van der Waals surface area (Å²) < 4.78 is 24.1. The molecule has 1 aliphatic heterocycles. The van der Waals surface area contributed by atoms with E-state index >= 15 is 4.79 Å². The van der Waals surface area contributed by atoms with Crippen molar-refractivity contribution in [2.45, 2.75) is 209 Å². The quantitative estimate of drug-likeness (QED) is 0.0253. The van der Waals surface area contributed by atoms with Crippen LogP contribution in [0.5, 0.6) is 0 Å². The molecule has 0 aromatic heterocycles. The lowest BCUT2D eigenvalue weighted by Crippen LogP contribution is -2.72. The van der Waals surface area contributed by atoms with Crippen molar-refractivity contribution in [1.82, 2.24) is 0 Å². The van der Waals surface area contributed by atoms with Crippen LogP contribution < -0.4 is 0 Å². The predicted molar refractivity (Wildman–Crippen MR) is 204 cm³/mol. The first-order chi connectivity index (χ1) is 26.7. The number of hydrogen-bond acceptors (Lipinski definition) is 16. The molecule has 0 aliphatic carbocycles. The molecule has 0 amide bonds. The maximum Gasteiger partial charge on any atom is 0.379 e. The maximum absolute atomic E-state index is 15.2.